The Kier molecular flexibility index (Phi) is 3.00. The summed E-state index contributed by atoms with van der Waals surface area (Å²) in [5.41, 5.74) is 0.904. The van der Waals surface area contributed by atoms with Gasteiger partial charge in [-0.2, -0.15) is 0 Å². The van der Waals surface area contributed by atoms with Crippen LogP contribution in [0.25, 0.3) is 0 Å². The van der Waals surface area contributed by atoms with Gasteiger partial charge >= 0.3 is 0 Å². The van der Waals surface area contributed by atoms with Crippen LogP contribution in [0.1, 0.15) is 28.1 Å². The lowest BCUT2D eigenvalue weighted by Crippen LogP contribution is -1.97. The number of furan rings is 1. The number of hydrogen-bond donors (Lipinski definition) is 1. The van der Waals surface area contributed by atoms with E-state index in [-0.39, 0.29) is 0 Å². The van der Waals surface area contributed by atoms with Crippen molar-refractivity contribution in [3.63, 3.8) is 0 Å². The van der Waals surface area contributed by atoms with Crippen LogP contribution in [0.2, 0.25) is 0 Å². The van der Waals surface area contributed by atoms with E-state index < -0.39 is 6.10 Å². The van der Waals surface area contributed by atoms with Crippen molar-refractivity contribution >= 4 is 27.3 Å². The van der Waals surface area contributed by atoms with E-state index in [1.54, 1.807) is 11.3 Å². The normalized spacial score (nSPS) is 13.1. The fourth-order valence-corrected chi connectivity index (χ4v) is 3.23. The van der Waals surface area contributed by atoms with Crippen LogP contribution in [0.4, 0.5) is 0 Å². The van der Waals surface area contributed by atoms with E-state index in [1.165, 1.54) is 0 Å². The van der Waals surface area contributed by atoms with Crippen molar-refractivity contribution in [2.45, 2.75) is 20.0 Å². The molecule has 0 aliphatic rings. The van der Waals surface area contributed by atoms with Gasteiger partial charge in [0.2, 0.25) is 0 Å². The second-order valence-corrected chi connectivity index (χ2v) is 6.05. The molecule has 80 valence electrons. The first-order valence-electron chi connectivity index (χ1n) is 4.58. The van der Waals surface area contributed by atoms with E-state index in [2.05, 4.69) is 15.9 Å². The molecule has 4 heteroatoms. The number of halogens is 1. The molecule has 0 aliphatic carbocycles. The lowest BCUT2D eigenvalue weighted by atomic mass is 10.1. The molecule has 1 atom stereocenters. The molecule has 15 heavy (non-hydrogen) atoms. The highest BCUT2D eigenvalue weighted by atomic mass is 79.9. The van der Waals surface area contributed by atoms with Crippen LogP contribution in [-0.4, -0.2) is 5.11 Å². The molecule has 1 N–H and O–H groups in total. The first kappa shape index (κ1) is 10.9. The maximum atomic E-state index is 10.1. The summed E-state index contributed by atoms with van der Waals surface area (Å²) < 4.78 is 6.43. The summed E-state index contributed by atoms with van der Waals surface area (Å²) in [7, 11) is 0. The molecule has 0 fully saturated rings. The highest BCUT2D eigenvalue weighted by molar-refractivity contribution is 9.11. The zero-order valence-electron chi connectivity index (χ0n) is 8.45. The number of aliphatic hydroxyl groups excluding tert-OH is 1. The average Bonchev–Trinajstić information content (AvgIpc) is 2.71. The zero-order valence-corrected chi connectivity index (χ0v) is 10.9. The van der Waals surface area contributed by atoms with Crippen LogP contribution in [0.5, 0.6) is 0 Å². The third-order valence-corrected chi connectivity index (χ3v) is 3.82. The molecule has 2 aromatic rings. The number of aliphatic hydroxyl groups is 1. The van der Waals surface area contributed by atoms with E-state index >= 15 is 0 Å². The fraction of sp³-hybridized carbons (Fsp3) is 0.273. The van der Waals surface area contributed by atoms with Gasteiger partial charge in [0.15, 0.2) is 0 Å². The van der Waals surface area contributed by atoms with Gasteiger partial charge in [-0.15, -0.1) is 11.3 Å². The number of hydrogen-bond acceptors (Lipinski definition) is 3. The number of thiophene rings is 1. The van der Waals surface area contributed by atoms with Gasteiger partial charge in [-0.1, -0.05) is 0 Å². The van der Waals surface area contributed by atoms with Crippen LogP contribution >= 0.6 is 27.3 Å². The molecule has 2 aromatic heterocycles. The van der Waals surface area contributed by atoms with Crippen molar-refractivity contribution in [2.24, 2.45) is 0 Å². The van der Waals surface area contributed by atoms with Gasteiger partial charge in [0.05, 0.1) is 3.79 Å². The molecule has 2 rings (SSSR count). The number of aryl methyl sites for hydroxylation is 2. The Labute approximate surface area is 101 Å². The molecule has 0 spiro atoms. The third-order valence-electron chi connectivity index (χ3n) is 2.25. The van der Waals surface area contributed by atoms with Gasteiger partial charge in [0, 0.05) is 10.4 Å². The zero-order chi connectivity index (χ0) is 11.0. The largest absolute Gasteiger partial charge is 0.463 e. The van der Waals surface area contributed by atoms with E-state index in [0.29, 0.717) is 5.76 Å². The van der Waals surface area contributed by atoms with Crippen LogP contribution in [-0.2, 0) is 0 Å². The van der Waals surface area contributed by atoms with E-state index in [4.69, 9.17) is 4.42 Å². The topological polar surface area (TPSA) is 33.4 Å². The Morgan fingerprint density at radius 2 is 2.13 bits per heavy atom. The van der Waals surface area contributed by atoms with Crippen LogP contribution in [0.3, 0.4) is 0 Å². The summed E-state index contributed by atoms with van der Waals surface area (Å²) in [6, 6.07) is 5.60. The van der Waals surface area contributed by atoms with Crippen LogP contribution < -0.4 is 0 Å². The Hall–Kier alpha value is -0.580. The first-order chi connectivity index (χ1) is 7.08. The predicted molar refractivity (Wildman–Crippen MR) is 64.3 cm³/mol. The molecule has 0 saturated carbocycles. The first-order valence-corrected chi connectivity index (χ1v) is 6.19. The summed E-state index contributed by atoms with van der Waals surface area (Å²) in [4.78, 5) is 1.10. The maximum Gasteiger partial charge on any atom is 0.138 e. The summed E-state index contributed by atoms with van der Waals surface area (Å²) in [5, 5.41) is 10.1. The van der Waals surface area contributed by atoms with Crippen LogP contribution in [0, 0.1) is 13.8 Å². The molecule has 0 saturated heterocycles. The Morgan fingerprint density at radius 1 is 1.40 bits per heavy atom. The molecule has 2 nitrogen and oxygen atoms in total. The second kappa shape index (κ2) is 4.12. The van der Waals surface area contributed by atoms with Crippen molar-refractivity contribution in [1.82, 2.24) is 0 Å². The average molecular weight is 287 g/mol. The standard InChI is InChI=1S/C11H11BrO2S/c1-6-3-4-9(14-6)11(13)8-5-10(12)15-7(8)2/h3-5,11,13H,1-2H3. The summed E-state index contributed by atoms with van der Waals surface area (Å²) in [6.45, 7) is 3.86. The molecule has 0 aliphatic heterocycles. The minimum Gasteiger partial charge on any atom is -0.463 e. The Balaban J connectivity index is 2.35. The maximum absolute atomic E-state index is 10.1. The Morgan fingerprint density at radius 3 is 2.60 bits per heavy atom. The molecular weight excluding hydrogens is 276 g/mol. The van der Waals surface area contributed by atoms with Crippen molar-refractivity contribution in [3.05, 3.63) is 43.9 Å². The van der Waals surface area contributed by atoms with Gasteiger partial charge in [-0.3, -0.25) is 0 Å². The van der Waals surface area contributed by atoms with Gasteiger partial charge in [0.1, 0.15) is 17.6 Å². The van der Waals surface area contributed by atoms with Gasteiger partial charge < -0.3 is 9.52 Å². The predicted octanol–water partition coefficient (Wildman–Crippen LogP) is 3.80. The fourth-order valence-electron chi connectivity index (χ4n) is 1.48. The quantitative estimate of drug-likeness (QED) is 0.911. The molecule has 1 unspecified atom stereocenters. The van der Waals surface area contributed by atoms with Gasteiger partial charge in [0.25, 0.3) is 0 Å². The van der Waals surface area contributed by atoms with Gasteiger partial charge in [-0.25, -0.2) is 0 Å². The molecule has 0 aromatic carbocycles. The van der Waals surface area contributed by atoms with Crippen molar-refractivity contribution in [1.29, 1.82) is 0 Å². The van der Waals surface area contributed by atoms with Crippen molar-refractivity contribution < 1.29 is 9.52 Å². The summed E-state index contributed by atoms with van der Waals surface area (Å²) in [6.07, 6.45) is -0.666. The molecule has 0 bridgehead atoms. The van der Waals surface area contributed by atoms with E-state index in [1.807, 2.05) is 32.0 Å². The lowest BCUT2D eigenvalue weighted by molar-refractivity contribution is 0.187. The highest BCUT2D eigenvalue weighted by Gasteiger charge is 2.18. The molecular formula is C11H11BrO2S. The summed E-state index contributed by atoms with van der Waals surface area (Å²) >= 11 is 5.02. The van der Waals surface area contributed by atoms with Crippen LogP contribution in [0.15, 0.2) is 26.4 Å². The molecule has 0 radical (unpaired) electrons. The Bertz CT molecular complexity index is 473. The highest BCUT2D eigenvalue weighted by Crippen LogP contribution is 2.33. The minimum absolute atomic E-state index is 0.598. The SMILES string of the molecule is Cc1ccc(C(O)c2cc(Br)sc2C)o1. The van der Waals surface area contributed by atoms with Crippen molar-refractivity contribution in [3.8, 4) is 0 Å². The molecule has 0 amide bonds. The van der Waals surface area contributed by atoms with Crippen molar-refractivity contribution in [2.75, 3.05) is 0 Å². The third kappa shape index (κ3) is 2.17. The second-order valence-electron chi connectivity index (χ2n) is 3.41. The lowest BCUT2D eigenvalue weighted by Gasteiger charge is -2.06. The van der Waals surface area contributed by atoms with Gasteiger partial charge in [-0.05, 0) is 48.0 Å². The smallest absolute Gasteiger partial charge is 0.138 e. The summed E-state index contributed by atoms with van der Waals surface area (Å²) in [5.74, 6) is 1.41. The molecule has 2 heterocycles. The van der Waals surface area contributed by atoms with E-state index in [9.17, 15) is 5.11 Å². The minimum atomic E-state index is -0.666. The number of rotatable bonds is 2. The monoisotopic (exact) mass is 286 g/mol. The van der Waals surface area contributed by atoms with E-state index in [0.717, 1.165) is 20.0 Å².